The molecule has 0 aliphatic rings. The van der Waals surface area contributed by atoms with E-state index in [1.807, 2.05) is 0 Å². The van der Waals surface area contributed by atoms with Gasteiger partial charge >= 0.3 is 0 Å². The van der Waals surface area contributed by atoms with Crippen molar-refractivity contribution in [2.24, 2.45) is 0 Å². The Bertz CT molecular complexity index is 706. The summed E-state index contributed by atoms with van der Waals surface area (Å²) in [5.74, 6) is -1.70. The Labute approximate surface area is 125 Å². The molecule has 0 spiro atoms. The number of benzene rings is 1. The SMILES string of the molecule is CNC(=O)c1cc(NC(=O)c2cccc(F)n2)ccc1Cl. The monoisotopic (exact) mass is 307 g/mol. The summed E-state index contributed by atoms with van der Waals surface area (Å²) in [4.78, 5) is 27.0. The highest BCUT2D eigenvalue weighted by Crippen LogP contribution is 2.21. The zero-order valence-electron chi connectivity index (χ0n) is 11.0. The van der Waals surface area contributed by atoms with E-state index < -0.39 is 11.9 Å². The van der Waals surface area contributed by atoms with Crippen LogP contribution >= 0.6 is 11.6 Å². The molecule has 1 aromatic carbocycles. The summed E-state index contributed by atoms with van der Waals surface area (Å²) in [7, 11) is 1.47. The number of amides is 2. The smallest absolute Gasteiger partial charge is 0.274 e. The molecule has 0 unspecified atom stereocenters. The van der Waals surface area contributed by atoms with Gasteiger partial charge in [0.15, 0.2) is 0 Å². The summed E-state index contributed by atoms with van der Waals surface area (Å²) in [5.41, 5.74) is 0.518. The molecule has 7 heteroatoms. The molecule has 2 N–H and O–H groups in total. The third-order valence-corrected chi connectivity index (χ3v) is 2.97. The van der Waals surface area contributed by atoms with E-state index in [1.54, 1.807) is 0 Å². The number of halogens is 2. The Morgan fingerprint density at radius 3 is 2.62 bits per heavy atom. The van der Waals surface area contributed by atoms with Crippen molar-refractivity contribution in [2.45, 2.75) is 0 Å². The Hall–Kier alpha value is -2.47. The minimum Gasteiger partial charge on any atom is -0.355 e. The van der Waals surface area contributed by atoms with Gasteiger partial charge in [0.2, 0.25) is 5.95 Å². The molecule has 0 aliphatic carbocycles. The van der Waals surface area contributed by atoms with Crippen LogP contribution in [0.1, 0.15) is 20.8 Å². The molecule has 0 fully saturated rings. The minimum absolute atomic E-state index is 0.0635. The van der Waals surface area contributed by atoms with Crippen LogP contribution in [-0.2, 0) is 0 Å². The van der Waals surface area contributed by atoms with Gasteiger partial charge in [-0.05, 0) is 30.3 Å². The summed E-state index contributed by atoms with van der Waals surface area (Å²) in [6.07, 6.45) is 0. The fourth-order valence-corrected chi connectivity index (χ4v) is 1.84. The number of hydrogen-bond donors (Lipinski definition) is 2. The highest BCUT2D eigenvalue weighted by Gasteiger charge is 2.12. The number of carbonyl (C=O) groups is 2. The molecular weight excluding hydrogens is 297 g/mol. The Morgan fingerprint density at radius 1 is 1.19 bits per heavy atom. The maximum atomic E-state index is 13.0. The topological polar surface area (TPSA) is 71.1 Å². The van der Waals surface area contributed by atoms with Gasteiger partial charge in [-0.15, -0.1) is 0 Å². The molecule has 5 nitrogen and oxygen atoms in total. The van der Waals surface area contributed by atoms with E-state index in [1.165, 1.54) is 37.4 Å². The lowest BCUT2D eigenvalue weighted by Gasteiger charge is -2.08. The molecule has 0 saturated carbocycles. The minimum atomic E-state index is -0.746. The number of pyridine rings is 1. The summed E-state index contributed by atoms with van der Waals surface area (Å²) in [6.45, 7) is 0. The van der Waals surface area contributed by atoms with Gasteiger partial charge in [0.25, 0.3) is 11.8 Å². The number of hydrogen-bond acceptors (Lipinski definition) is 3. The normalized spacial score (nSPS) is 10.0. The molecule has 1 heterocycles. The van der Waals surface area contributed by atoms with E-state index in [4.69, 9.17) is 11.6 Å². The van der Waals surface area contributed by atoms with Gasteiger partial charge in [0.1, 0.15) is 5.69 Å². The maximum Gasteiger partial charge on any atom is 0.274 e. The fourth-order valence-electron chi connectivity index (χ4n) is 1.64. The van der Waals surface area contributed by atoms with E-state index in [2.05, 4.69) is 15.6 Å². The zero-order valence-corrected chi connectivity index (χ0v) is 11.7. The van der Waals surface area contributed by atoms with Gasteiger partial charge in [0.05, 0.1) is 10.6 Å². The van der Waals surface area contributed by atoms with Crippen LogP contribution < -0.4 is 10.6 Å². The Morgan fingerprint density at radius 2 is 1.95 bits per heavy atom. The van der Waals surface area contributed by atoms with Gasteiger partial charge in [-0.3, -0.25) is 9.59 Å². The van der Waals surface area contributed by atoms with Crippen molar-refractivity contribution < 1.29 is 14.0 Å². The highest BCUT2D eigenvalue weighted by atomic mass is 35.5. The number of nitrogens with zero attached hydrogens (tertiary/aromatic N) is 1. The second-order valence-corrected chi connectivity index (χ2v) is 4.48. The molecule has 2 rings (SSSR count). The second-order valence-electron chi connectivity index (χ2n) is 4.07. The maximum absolute atomic E-state index is 13.0. The predicted molar refractivity (Wildman–Crippen MR) is 77.0 cm³/mol. The molecule has 0 radical (unpaired) electrons. The highest BCUT2D eigenvalue weighted by molar-refractivity contribution is 6.34. The predicted octanol–water partition coefficient (Wildman–Crippen LogP) is 2.49. The molecule has 2 amide bonds. The number of rotatable bonds is 3. The van der Waals surface area contributed by atoms with Crippen LogP contribution in [0, 0.1) is 5.95 Å². The molecule has 108 valence electrons. The third kappa shape index (κ3) is 3.55. The standard InChI is InChI=1S/C14H11ClFN3O2/c1-17-13(20)9-7-8(5-6-10(9)15)18-14(21)11-3-2-4-12(16)19-11/h2-7H,1H3,(H,17,20)(H,18,21). The summed E-state index contributed by atoms with van der Waals surface area (Å²) in [6, 6.07) is 8.36. The van der Waals surface area contributed by atoms with Crippen LogP contribution in [0.2, 0.25) is 5.02 Å². The van der Waals surface area contributed by atoms with Gasteiger partial charge < -0.3 is 10.6 Å². The van der Waals surface area contributed by atoms with Crippen LogP contribution in [0.25, 0.3) is 0 Å². The lowest BCUT2D eigenvalue weighted by Crippen LogP contribution is -2.19. The fraction of sp³-hybridized carbons (Fsp3) is 0.0714. The lowest BCUT2D eigenvalue weighted by atomic mass is 10.2. The summed E-state index contributed by atoms with van der Waals surface area (Å²) >= 11 is 5.91. The van der Waals surface area contributed by atoms with Gasteiger partial charge in [0, 0.05) is 12.7 Å². The third-order valence-electron chi connectivity index (χ3n) is 2.64. The van der Waals surface area contributed by atoms with Crippen LogP contribution in [0.4, 0.5) is 10.1 Å². The Kier molecular flexibility index (Phi) is 4.49. The zero-order chi connectivity index (χ0) is 15.4. The van der Waals surface area contributed by atoms with Crippen molar-refractivity contribution in [2.75, 3.05) is 12.4 Å². The van der Waals surface area contributed by atoms with Crippen molar-refractivity contribution in [3.8, 4) is 0 Å². The molecule has 21 heavy (non-hydrogen) atoms. The van der Waals surface area contributed by atoms with Crippen molar-refractivity contribution >= 4 is 29.1 Å². The molecular formula is C14H11ClFN3O2. The first kappa shape index (κ1) is 14.9. The quantitative estimate of drug-likeness (QED) is 0.856. The molecule has 2 aromatic rings. The molecule has 1 aromatic heterocycles. The van der Waals surface area contributed by atoms with E-state index in [0.717, 1.165) is 6.07 Å². The van der Waals surface area contributed by atoms with Crippen LogP contribution in [0.5, 0.6) is 0 Å². The van der Waals surface area contributed by atoms with Gasteiger partial charge in [-0.1, -0.05) is 17.7 Å². The average Bonchev–Trinajstić information content (AvgIpc) is 2.48. The first-order valence-corrected chi connectivity index (χ1v) is 6.34. The molecule has 0 saturated heterocycles. The van der Waals surface area contributed by atoms with Crippen molar-refractivity contribution in [3.63, 3.8) is 0 Å². The molecule has 0 atom stereocenters. The Balaban J connectivity index is 2.24. The van der Waals surface area contributed by atoms with E-state index >= 15 is 0 Å². The van der Waals surface area contributed by atoms with E-state index in [9.17, 15) is 14.0 Å². The number of anilines is 1. The lowest BCUT2D eigenvalue weighted by molar-refractivity contribution is 0.0961. The number of nitrogens with one attached hydrogen (secondary N) is 2. The van der Waals surface area contributed by atoms with Crippen molar-refractivity contribution in [1.29, 1.82) is 0 Å². The van der Waals surface area contributed by atoms with Gasteiger partial charge in [-0.25, -0.2) is 4.98 Å². The van der Waals surface area contributed by atoms with Crippen LogP contribution in [0.15, 0.2) is 36.4 Å². The number of aromatic nitrogens is 1. The summed E-state index contributed by atoms with van der Waals surface area (Å²) in [5, 5.41) is 5.23. The molecule has 0 bridgehead atoms. The van der Waals surface area contributed by atoms with E-state index in [-0.39, 0.29) is 22.2 Å². The first-order valence-electron chi connectivity index (χ1n) is 5.97. The molecule has 0 aliphatic heterocycles. The van der Waals surface area contributed by atoms with E-state index in [0.29, 0.717) is 5.69 Å². The first-order chi connectivity index (χ1) is 10.0. The van der Waals surface area contributed by atoms with Gasteiger partial charge in [-0.2, -0.15) is 4.39 Å². The summed E-state index contributed by atoms with van der Waals surface area (Å²) < 4.78 is 13.0. The number of carbonyl (C=O) groups excluding carboxylic acids is 2. The van der Waals surface area contributed by atoms with Crippen molar-refractivity contribution in [1.82, 2.24) is 10.3 Å². The second kappa shape index (κ2) is 6.32. The van der Waals surface area contributed by atoms with Crippen LogP contribution in [-0.4, -0.2) is 23.8 Å². The largest absolute Gasteiger partial charge is 0.355 e. The van der Waals surface area contributed by atoms with Crippen molar-refractivity contribution in [3.05, 3.63) is 58.6 Å². The van der Waals surface area contributed by atoms with Crippen LogP contribution in [0.3, 0.4) is 0 Å². The average molecular weight is 308 g/mol.